The SMILES string of the molecule is CCC1(CN(C)Cc2ccccc2OC)CCNC1. The third-order valence-electron chi connectivity index (χ3n) is 4.32. The molecule has 0 amide bonds. The first-order chi connectivity index (χ1) is 9.19. The fourth-order valence-electron chi connectivity index (χ4n) is 3.10. The number of hydrogen-bond donors (Lipinski definition) is 1. The maximum atomic E-state index is 5.43. The summed E-state index contributed by atoms with van der Waals surface area (Å²) >= 11 is 0. The monoisotopic (exact) mass is 262 g/mol. The van der Waals surface area contributed by atoms with Gasteiger partial charge < -0.3 is 15.0 Å². The van der Waals surface area contributed by atoms with Gasteiger partial charge in [-0.15, -0.1) is 0 Å². The molecule has 1 aromatic rings. The highest BCUT2D eigenvalue weighted by molar-refractivity contribution is 5.33. The predicted molar refractivity (Wildman–Crippen MR) is 79.5 cm³/mol. The molecule has 1 fully saturated rings. The highest BCUT2D eigenvalue weighted by atomic mass is 16.5. The van der Waals surface area contributed by atoms with Gasteiger partial charge in [-0.2, -0.15) is 0 Å². The van der Waals surface area contributed by atoms with Crippen molar-refractivity contribution in [3.63, 3.8) is 0 Å². The van der Waals surface area contributed by atoms with Crippen molar-refractivity contribution < 1.29 is 4.74 Å². The molecule has 1 N–H and O–H groups in total. The lowest BCUT2D eigenvalue weighted by Crippen LogP contribution is -2.36. The zero-order valence-corrected chi connectivity index (χ0v) is 12.4. The molecule has 1 saturated heterocycles. The molecule has 1 aromatic carbocycles. The van der Waals surface area contributed by atoms with E-state index in [0.29, 0.717) is 5.41 Å². The van der Waals surface area contributed by atoms with E-state index in [1.54, 1.807) is 7.11 Å². The van der Waals surface area contributed by atoms with E-state index < -0.39 is 0 Å². The van der Waals surface area contributed by atoms with Crippen LogP contribution in [0.3, 0.4) is 0 Å². The number of benzene rings is 1. The van der Waals surface area contributed by atoms with Gasteiger partial charge in [-0.3, -0.25) is 0 Å². The standard InChI is InChI=1S/C16H26N2O/c1-4-16(9-10-17-12-16)13-18(2)11-14-7-5-6-8-15(14)19-3/h5-8,17H,4,9-13H2,1-3H3. The Morgan fingerprint density at radius 3 is 2.79 bits per heavy atom. The van der Waals surface area contributed by atoms with Gasteiger partial charge in [-0.05, 0) is 37.9 Å². The van der Waals surface area contributed by atoms with Gasteiger partial charge >= 0.3 is 0 Å². The minimum atomic E-state index is 0.455. The molecule has 1 aliphatic heterocycles. The molecule has 1 atom stereocenters. The average molecular weight is 262 g/mol. The molecule has 1 heterocycles. The van der Waals surface area contributed by atoms with Crippen LogP contribution in [0, 0.1) is 5.41 Å². The van der Waals surface area contributed by atoms with Crippen molar-refractivity contribution in [2.24, 2.45) is 5.41 Å². The Morgan fingerprint density at radius 2 is 2.16 bits per heavy atom. The van der Waals surface area contributed by atoms with Gasteiger partial charge in [0.1, 0.15) is 5.75 Å². The van der Waals surface area contributed by atoms with Gasteiger partial charge in [0, 0.05) is 25.2 Å². The van der Waals surface area contributed by atoms with Crippen LogP contribution in [0.2, 0.25) is 0 Å². The number of hydrogen-bond acceptors (Lipinski definition) is 3. The van der Waals surface area contributed by atoms with Gasteiger partial charge in [0.25, 0.3) is 0 Å². The quantitative estimate of drug-likeness (QED) is 0.852. The van der Waals surface area contributed by atoms with Gasteiger partial charge in [-0.1, -0.05) is 25.1 Å². The lowest BCUT2D eigenvalue weighted by atomic mass is 9.84. The van der Waals surface area contributed by atoms with Crippen LogP contribution in [0.25, 0.3) is 0 Å². The Morgan fingerprint density at radius 1 is 1.37 bits per heavy atom. The lowest BCUT2D eigenvalue weighted by molar-refractivity contribution is 0.178. The number of methoxy groups -OCH3 is 1. The number of rotatable bonds is 6. The van der Waals surface area contributed by atoms with Crippen molar-refractivity contribution in [3.05, 3.63) is 29.8 Å². The molecule has 0 aromatic heterocycles. The molecule has 3 heteroatoms. The highest BCUT2D eigenvalue weighted by Gasteiger charge is 2.32. The molecule has 19 heavy (non-hydrogen) atoms. The van der Waals surface area contributed by atoms with Crippen LogP contribution in [0.1, 0.15) is 25.3 Å². The number of nitrogens with one attached hydrogen (secondary N) is 1. The fraction of sp³-hybridized carbons (Fsp3) is 0.625. The van der Waals surface area contributed by atoms with E-state index >= 15 is 0 Å². The van der Waals surface area contributed by atoms with E-state index in [9.17, 15) is 0 Å². The first kappa shape index (κ1) is 14.4. The van der Waals surface area contributed by atoms with Crippen LogP contribution in [0.15, 0.2) is 24.3 Å². The van der Waals surface area contributed by atoms with E-state index in [1.807, 2.05) is 12.1 Å². The second-order valence-electron chi connectivity index (χ2n) is 5.76. The topological polar surface area (TPSA) is 24.5 Å². The van der Waals surface area contributed by atoms with Crippen LogP contribution >= 0.6 is 0 Å². The Balaban J connectivity index is 1.98. The van der Waals surface area contributed by atoms with Crippen molar-refractivity contribution >= 4 is 0 Å². The number of ether oxygens (including phenoxy) is 1. The Kier molecular flexibility index (Phi) is 4.83. The van der Waals surface area contributed by atoms with E-state index in [1.165, 1.54) is 18.4 Å². The summed E-state index contributed by atoms with van der Waals surface area (Å²) in [5.41, 5.74) is 1.72. The summed E-state index contributed by atoms with van der Waals surface area (Å²) in [6.45, 7) is 6.72. The predicted octanol–water partition coefficient (Wildman–Crippen LogP) is 2.52. The molecule has 106 valence electrons. The van der Waals surface area contributed by atoms with Crippen LogP contribution in [-0.4, -0.2) is 38.7 Å². The molecule has 2 rings (SSSR count). The van der Waals surface area contributed by atoms with Gasteiger partial charge in [0.15, 0.2) is 0 Å². The summed E-state index contributed by atoms with van der Waals surface area (Å²) in [5.74, 6) is 0.990. The van der Waals surface area contributed by atoms with Crippen LogP contribution in [-0.2, 0) is 6.54 Å². The molecular weight excluding hydrogens is 236 g/mol. The fourth-order valence-corrected chi connectivity index (χ4v) is 3.10. The summed E-state index contributed by atoms with van der Waals surface area (Å²) in [4.78, 5) is 2.42. The Labute approximate surface area is 116 Å². The van der Waals surface area contributed by atoms with Crippen LogP contribution in [0.4, 0.5) is 0 Å². The average Bonchev–Trinajstić information content (AvgIpc) is 2.88. The van der Waals surface area contributed by atoms with Gasteiger partial charge in [-0.25, -0.2) is 0 Å². The molecule has 0 aliphatic carbocycles. The lowest BCUT2D eigenvalue weighted by Gasteiger charge is -2.32. The molecular formula is C16H26N2O. The molecule has 1 aliphatic rings. The maximum Gasteiger partial charge on any atom is 0.123 e. The first-order valence-corrected chi connectivity index (χ1v) is 7.20. The second kappa shape index (κ2) is 6.40. The minimum Gasteiger partial charge on any atom is -0.496 e. The summed E-state index contributed by atoms with van der Waals surface area (Å²) in [5, 5.41) is 3.50. The van der Waals surface area contributed by atoms with Crippen molar-refractivity contribution in [2.45, 2.75) is 26.3 Å². The Bertz CT molecular complexity index is 399. The number of nitrogens with zero attached hydrogens (tertiary/aromatic N) is 1. The summed E-state index contributed by atoms with van der Waals surface area (Å²) < 4.78 is 5.43. The van der Waals surface area contributed by atoms with Gasteiger partial charge in [0.2, 0.25) is 0 Å². The maximum absolute atomic E-state index is 5.43. The first-order valence-electron chi connectivity index (χ1n) is 7.20. The van der Waals surface area contributed by atoms with E-state index in [0.717, 1.165) is 31.9 Å². The van der Waals surface area contributed by atoms with Gasteiger partial charge in [0.05, 0.1) is 7.11 Å². The van der Waals surface area contributed by atoms with Crippen molar-refractivity contribution in [1.29, 1.82) is 0 Å². The van der Waals surface area contributed by atoms with E-state index in [4.69, 9.17) is 4.74 Å². The molecule has 0 radical (unpaired) electrons. The largest absolute Gasteiger partial charge is 0.496 e. The third-order valence-corrected chi connectivity index (χ3v) is 4.32. The van der Waals surface area contributed by atoms with E-state index in [2.05, 4.69) is 36.3 Å². The molecule has 0 bridgehead atoms. The van der Waals surface area contributed by atoms with Crippen LogP contribution < -0.4 is 10.1 Å². The zero-order chi connectivity index (χ0) is 13.7. The molecule has 0 spiro atoms. The summed E-state index contributed by atoms with van der Waals surface area (Å²) in [6, 6.07) is 8.30. The minimum absolute atomic E-state index is 0.455. The Hall–Kier alpha value is -1.06. The third kappa shape index (κ3) is 3.48. The normalized spacial score (nSPS) is 22.9. The smallest absolute Gasteiger partial charge is 0.123 e. The zero-order valence-electron chi connectivity index (χ0n) is 12.4. The highest BCUT2D eigenvalue weighted by Crippen LogP contribution is 2.31. The molecule has 0 saturated carbocycles. The van der Waals surface area contributed by atoms with Crippen molar-refractivity contribution in [2.75, 3.05) is 33.8 Å². The van der Waals surface area contributed by atoms with Crippen molar-refractivity contribution in [3.8, 4) is 5.75 Å². The second-order valence-corrected chi connectivity index (χ2v) is 5.76. The molecule has 3 nitrogen and oxygen atoms in total. The summed E-state index contributed by atoms with van der Waals surface area (Å²) in [7, 11) is 3.95. The van der Waals surface area contributed by atoms with Crippen molar-refractivity contribution in [1.82, 2.24) is 10.2 Å². The van der Waals surface area contributed by atoms with E-state index in [-0.39, 0.29) is 0 Å². The summed E-state index contributed by atoms with van der Waals surface area (Å²) in [6.07, 6.45) is 2.54. The number of para-hydroxylation sites is 1. The molecule has 1 unspecified atom stereocenters. The van der Waals surface area contributed by atoms with Crippen LogP contribution in [0.5, 0.6) is 5.75 Å².